The van der Waals surface area contributed by atoms with Gasteiger partial charge < -0.3 is 4.74 Å². The fourth-order valence-corrected chi connectivity index (χ4v) is 2.84. The number of para-hydroxylation sites is 1. The third-order valence-corrected chi connectivity index (χ3v) is 3.92. The van der Waals surface area contributed by atoms with Gasteiger partial charge in [0.25, 0.3) is 5.69 Å². The number of carbonyl (C=O) groups excluding carboxylic acids is 1. The Hall–Kier alpha value is -1.73. The van der Waals surface area contributed by atoms with E-state index in [1.807, 2.05) is 6.07 Å². The fraction of sp³-hybridized carbons (Fsp3) is 0.0714. The van der Waals surface area contributed by atoms with Crippen LogP contribution in [-0.4, -0.2) is 17.3 Å². The van der Waals surface area contributed by atoms with Crippen LogP contribution in [0.2, 0.25) is 0 Å². The van der Waals surface area contributed by atoms with Gasteiger partial charge in [-0.25, -0.2) is 0 Å². The number of rotatable bonds is 5. The van der Waals surface area contributed by atoms with Gasteiger partial charge in [-0.2, -0.15) is 0 Å². The summed E-state index contributed by atoms with van der Waals surface area (Å²) in [6.45, 7) is -0.154. The van der Waals surface area contributed by atoms with Crippen LogP contribution in [0.15, 0.2) is 51.4 Å². The zero-order valence-electron chi connectivity index (χ0n) is 10.6. The minimum atomic E-state index is -0.511. The van der Waals surface area contributed by atoms with Gasteiger partial charge in [0.05, 0.1) is 13.9 Å². The maximum Gasteiger partial charge on any atom is 0.269 e. The second-order valence-corrected chi connectivity index (χ2v) is 5.78. The third-order valence-electron chi connectivity index (χ3n) is 2.67. The van der Waals surface area contributed by atoms with Crippen molar-refractivity contribution in [3.63, 3.8) is 0 Å². The molecule has 0 aliphatic rings. The number of ether oxygens (including phenoxy) is 1. The predicted molar refractivity (Wildman–Crippen MR) is 84.8 cm³/mol. The van der Waals surface area contributed by atoms with Gasteiger partial charge in [-0.15, -0.1) is 0 Å². The van der Waals surface area contributed by atoms with Gasteiger partial charge in [0.15, 0.2) is 12.4 Å². The number of carbonyl (C=O) groups is 1. The normalized spacial score (nSPS) is 10.2. The van der Waals surface area contributed by atoms with Gasteiger partial charge in [-0.05, 0) is 56.1 Å². The van der Waals surface area contributed by atoms with Crippen molar-refractivity contribution in [2.24, 2.45) is 0 Å². The minimum Gasteiger partial charge on any atom is -0.483 e. The first kappa shape index (κ1) is 15.7. The molecule has 0 amide bonds. The highest BCUT2D eigenvalue weighted by Crippen LogP contribution is 2.33. The van der Waals surface area contributed by atoms with E-state index in [9.17, 15) is 14.9 Å². The predicted octanol–water partition coefficient (Wildman–Crippen LogP) is 4.38. The molecule has 0 heterocycles. The van der Waals surface area contributed by atoms with E-state index >= 15 is 0 Å². The Kier molecular flexibility index (Phi) is 5.08. The van der Waals surface area contributed by atoms with Gasteiger partial charge >= 0.3 is 0 Å². The number of ketones is 1. The lowest BCUT2D eigenvalue weighted by molar-refractivity contribution is -0.384. The number of halogens is 2. The molecule has 0 aromatic heterocycles. The molecule has 0 spiro atoms. The highest BCUT2D eigenvalue weighted by molar-refractivity contribution is 9.11. The first-order valence-electron chi connectivity index (χ1n) is 5.83. The molecule has 0 radical (unpaired) electrons. The Morgan fingerprint density at radius 1 is 1.10 bits per heavy atom. The van der Waals surface area contributed by atoms with Gasteiger partial charge in [0.1, 0.15) is 5.75 Å². The Balaban J connectivity index is 2.06. The molecule has 0 saturated carbocycles. The largest absolute Gasteiger partial charge is 0.483 e. The van der Waals surface area contributed by atoms with Crippen LogP contribution in [0.1, 0.15) is 10.4 Å². The maximum absolute atomic E-state index is 12.0. The third kappa shape index (κ3) is 3.89. The molecule has 2 aromatic carbocycles. The second-order valence-electron chi connectivity index (χ2n) is 4.07. The van der Waals surface area contributed by atoms with Crippen LogP contribution in [0, 0.1) is 10.1 Å². The quantitative estimate of drug-likeness (QED) is 0.413. The molecular weight excluding hydrogens is 406 g/mol. The molecule has 0 aliphatic carbocycles. The summed E-state index contributed by atoms with van der Waals surface area (Å²) >= 11 is 6.68. The highest BCUT2D eigenvalue weighted by Gasteiger charge is 2.12. The molecule has 0 unspecified atom stereocenters. The number of non-ortho nitro benzene ring substituents is 1. The van der Waals surface area contributed by atoms with Crippen molar-refractivity contribution < 1.29 is 14.5 Å². The molecule has 2 aromatic rings. The van der Waals surface area contributed by atoms with Crippen LogP contribution in [0.4, 0.5) is 5.69 Å². The van der Waals surface area contributed by atoms with E-state index in [0.29, 0.717) is 11.3 Å². The lowest BCUT2D eigenvalue weighted by Crippen LogP contribution is -2.12. The van der Waals surface area contributed by atoms with Crippen molar-refractivity contribution in [1.82, 2.24) is 0 Å². The van der Waals surface area contributed by atoms with E-state index in [1.54, 1.807) is 12.1 Å². The summed E-state index contributed by atoms with van der Waals surface area (Å²) in [6, 6.07) is 10.9. The van der Waals surface area contributed by atoms with Crippen molar-refractivity contribution in [2.75, 3.05) is 6.61 Å². The average molecular weight is 415 g/mol. The summed E-state index contributed by atoms with van der Waals surface area (Å²) in [5, 5.41) is 10.6. The molecule has 21 heavy (non-hydrogen) atoms. The van der Waals surface area contributed by atoms with Crippen LogP contribution < -0.4 is 4.74 Å². The molecule has 0 N–H and O–H groups in total. The van der Waals surface area contributed by atoms with Crippen LogP contribution in [-0.2, 0) is 0 Å². The molecule has 0 aliphatic heterocycles. The Labute approximate surface area is 137 Å². The lowest BCUT2D eigenvalue weighted by Gasteiger charge is -2.09. The number of hydrogen-bond donors (Lipinski definition) is 0. The summed E-state index contributed by atoms with van der Waals surface area (Å²) in [4.78, 5) is 22.0. The van der Waals surface area contributed by atoms with Crippen LogP contribution in [0.25, 0.3) is 0 Å². The van der Waals surface area contributed by atoms with E-state index in [1.165, 1.54) is 24.3 Å². The number of nitro groups is 1. The Morgan fingerprint density at radius 2 is 1.67 bits per heavy atom. The van der Waals surface area contributed by atoms with E-state index in [4.69, 9.17) is 4.74 Å². The lowest BCUT2D eigenvalue weighted by atomic mass is 10.1. The van der Waals surface area contributed by atoms with E-state index in [2.05, 4.69) is 31.9 Å². The summed E-state index contributed by atoms with van der Waals surface area (Å²) in [7, 11) is 0. The van der Waals surface area contributed by atoms with Gasteiger partial charge in [-0.3, -0.25) is 14.9 Å². The molecule has 2 rings (SSSR count). The average Bonchev–Trinajstić information content (AvgIpc) is 2.46. The number of hydrogen-bond acceptors (Lipinski definition) is 4. The molecule has 0 saturated heterocycles. The Bertz CT molecular complexity index is 666. The first-order chi connectivity index (χ1) is 9.99. The number of Topliss-reactive ketones (excluding diaryl/α,β-unsaturated/α-hetero) is 1. The molecule has 5 nitrogen and oxygen atoms in total. The van der Waals surface area contributed by atoms with Gasteiger partial charge in [-0.1, -0.05) is 6.07 Å². The van der Waals surface area contributed by atoms with Crippen molar-refractivity contribution in [3.05, 3.63) is 67.1 Å². The number of nitro benzene ring substituents is 1. The van der Waals surface area contributed by atoms with Crippen molar-refractivity contribution >= 4 is 43.3 Å². The maximum atomic E-state index is 12.0. The van der Waals surface area contributed by atoms with Crippen molar-refractivity contribution in [1.29, 1.82) is 0 Å². The first-order valence-corrected chi connectivity index (χ1v) is 7.42. The fourth-order valence-electron chi connectivity index (χ4n) is 1.61. The molecular formula is C14H9Br2NO4. The van der Waals surface area contributed by atoms with Crippen LogP contribution in [0.3, 0.4) is 0 Å². The SMILES string of the molecule is O=C(COc1c(Br)cccc1Br)c1ccc([N+](=O)[O-])cc1. The molecule has 0 atom stereocenters. The molecule has 0 fully saturated rings. The minimum absolute atomic E-state index is 0.0546. The van der Waals surface area contributed by atoms with Crippen molar-refractivity contribution in [2.45, 2.75) is 0 Å². The van der Waals surface area contributed by atoms with Crippen LogP contribution in [0.5, 0.6) is 5.75 Å². The monoisotopic (exact) mass is 413 g/mol. The Morgan fingerprint density at radius 3 is 2.19 bits per heavy atom. The smallest absolute Gasteiger partial charge is 0.269 e. The number of nitrogens with zero attached hydrogens (tertiary/aromatic N) is 1. The second kappa shape index (κ2) is 6.82. The van der Waals surface area contributed by atoms with Gasteiger partial charge in [0.2, 0.25) is 0 Å². The van der Waals surface area contributed by atoms with E-state index < -0.39 is 4.92 Å². The number of benzene rings is 2. The summed E-state index contributed by atoms with van der Waals surface area (Å²) in [5.74, 6) is 0.278. The summed E-state index contributed by atoms with van der Waals surface area (Å²) in [6.07, 6.45) is 0. The molecule has 0 bridgehead atoms. The van der Waals surface area contributed by atoms with E-state index in [0.717, 1.165) is 8.95 Å². The van der Waals surface area contributed by atoms with Crippen LogP contribution >= 0.6 is 31.9 Å². The zero-order chi connectivity index (χ0) is 15.4. The van der Waals surface area contributed by atoms with Gasteiger partial charge in [0, 0.05) is 17.7 Å². The molecule has 7 heteroatoms. The topological polar surface area (TPSA) is 69.4 Å². The zero-order valence-corrected chi connectivity index (χ0v) is 13.8. The van der Waals surface area contributed by atoms with Crippen molar-refractivity contribution in [3.8, 4) is 5.75 Å². The standard InChI is InChI=1S/C14H9Br2NO4/c15-11-2-1-3-12(16)14(11)21-8-13(18)9-4-6-10(7-5-9)17(19)20/h1-7H,8H2. The highest BCUT2D eigenvalue weighted by atomic mass is 79.9. The van der Waals surface area contributed by atoms with E-state index in [-0.39, 0.29) is 18.1 Å². The molecule has 108 valence electrons. The summed E-state index contributed by atoms with van der Waals surface area (Å²) < 4.78 is 6.94. The summed E-state index contributed by atoms with van der Waals surface area (Å²) in [5.41, 5.74) is 0.310.